The highest BCUT2D eigenvalue weighted by atomic mass is 19.4. The molecule has 4 bridgehead atoms. The van der Waals surface area contributed by atoms with Crippen molar-refractivity contribution in [3.63, 3.8) is 0 Å². The quantitative estimate of drug-likeness (QED) is 0.631. The number of benzene rings is 1. The van der Waals surface area contributed by atoms with Crippen LogP contribution >= 0.6 is 0 Å². The van der Waals surface area contributed by atoms with Gasteiger partial charge in [0.05, 0.1) is 12.2 Å². The van der Waals surface area contributed by atoms with E-state index in [-0.39, 0.29) is 55.0 Å². The number of rotatable bonds is 5. The monoisotopic (exact) mass is 483 g/mol. The standard InChI is InChI=1S/C24H29F4N3O3/c25-18-6-14(5-17(7-18)24(26,27)28)11-31-1-2-34-19(12-31)21(32)30-20-15-3-13-4-16(20)10-23(8-13,9-15)22(29)33/h5-7,13,15-16,19-20H,1-4,8-12H2,(H2,29,33)(H,30,32)/t13?,15?,16?,19-,20?,23?/m1/s1. The number of nitrogens with two attached hydrogens (primary N) is 1. The molecule has 1 aliphatic heterocycles. The summed E-state index contributed by atoms with van der Waals surface area (Å²) in [4.78, 5) is 27.0. The van der Waals surface area contributed by atoms with Gasteiger partial charge >= 0.3 is 6.18 Å². The van der Waals surface area contributed by atoms with E-state index in [0.717, 1.165) is 31.4 Å². The molecule has 4 aliphatic carbocycles. The molecule has 2 unspecified atom stereocenters. The van der Waals surface area contributed by atoms with Crippen LogP contribution in [0.2, 0.25) is 0 Å². The fourth-order valence-corrected chi connectivity index (χ4v) is 6.99. The Kier molecular flexibility index (Phi) is 5.87. The van der Waals surface area contributed by atoms with Gasteiger partial charge in [-0.1, -0.05) is 0 Å². The fraction of sp³-hybridized carbons (Fsp3) is 0.667. The third-order valence-electron chi connectivity index (χ3n) is 8.24. The van der Waals surface area contributed by atoms with Crippen molar-refractivity contribution in [3.8, 4) is 0 Å². The smallest absolute Gasteiger partial charge is 0.369 e. The van der Waals surface area contributed by atoms with Gasteiger partial charge in [-0.2, -0.15) is 13.2 Å². The maximum absolute atomic E-state index is 13.8. The predicted molar refractivity (Wildman–Crippen MR) is 114 cm³/mol. The molecule has 3 atom stereocenters. The van der Waals surface area contributed by atoms with Crippen LogP contribution in [0.3, 0.4) is 0 Å². The van der Waals surface area contributed by atoms with Crippen LogP contribution < -0.4 is 11.1 Å². The van der Waals surface area contributed by atoms with Crippen molar-refractivity contribution in [1.82, 2.24) is 10.2 Å². The molecule has 3 N–H and O–H groups in total. The van der Waals surface area contributed by atoms with Crippen LogP contribution in [0, 0.1) is 29.0 Å². The van der Waals surface area contributed by atoms with Crippen LogP contribution in [0.5, 0.6) is 0 Å². The summed E-state index contributed by atoms with van der Waals surface area (Å²) < 4.78 is 58.5. The summed E-state index contributed by atoms with van der Waals surface area (Å²) in [6.45, 7) is 0.980. The topological polar surface area (TPSA) is 84.7 Å². The highest BCUT2D eigenvalue weighted by Gasteiger charge is 2.58. The lowest BCUT2D eigenvalue weighted by atomic mass is 9.47. The number of primary amides is 1. The number of carbonyl (C=O) groups is 2. The largest absolute Gasteiger partial charge is 0.416 e. The van der Waals surface area contributed by atoms with E-state index in [2.05, 4.69) is 5.32 Å². The second-order valence-corrected chi connectivity index (χ2v) is 10.6. The fourth-order valence-electron chi connectivity index (χ4n) is 6.99. The zero-order valence-corrected chi connectivity index (χ0v) is 18.7. The van der Waals surface area contributed by atoms with Gasteiger partial charge in [0.15, 0.2) is 0 Å². The number of nitrogens with zero attached hydrogens (tertiary/aromatic N) is 1. The third-order valence-corrected chi connectivity index (χ3v) is 8.24. The van der Waals surface area contributed by atoms with E-state index in [1.165, 1.54) is 0 Å². The lowest BCUT2D eigenvalue weighted by Crippen LogP contribution is -2.63. The number of ether oxygens (including phenoxy) is 1. The van der Waals surface area contributed by atoms with E-state index < -0.39 is 29.1 Å². The van der Waals surface area contributed by atoms with Crippen molar-refractivity contribution in [2.75, 3.05) is 19.7 Å². The van der Waals surface area contributed by atoms with Gasteiger partial charge < -0.3 is 15.8 Å². The van der Waals surface area contributed by atoms with Crippen molar-refractivity contribution < 1.29 is 31.9 Å². The minimum absolute atomic E-state index is 0.0203. The molecule has 1 aromatic rings. The maximum Gasteiger partial charge on any atom is 0.416 e. The number of nitrogens with one attached hydrogen (secondary N) is 1. The van der Waals surface area contributed by atoms with E-state index in [1.54, 1.807) is 0 Å². The molecule has 4 saturated carbocycles. The molecule has 6 rings (SSSR count). The van der Waals surface area contributed by atoms with Gasteiger partial charge in [-0.25, -0.2) is 4.39 Å². The Bertz CT molecular complexity index is 969. The maximum atomic E-state index is 13.8. The molecule has 0 radical (unpaired) electrons. The van der Waals surface area contributed by atoms with Crippen LogP contribution in [0.15, 0.2) is 18.2 Å². The molecule has 6 nitrogen and oxygen atoms in total. The summed E-state index contributed by atoms with van der Waals surface area (Å²) in [5.41, 5.74) is 4.48. The van der Waals surface area contributed by atoms with Crippen LogP contribution in [0.4, 0.5) is 17.6 Å². The normalized spacial score (nSPS) is 35.4. The Morgan fingerprint density at radius 1 is 1.15 bits per heavy atom. The zero-order chi connectivity index (χ0) is 24.3. The first-order valence-electron chi connectivity index (χ1n) is 11.8. The number of amides is 2. The van der Waals surface area contributed by atoms with Gasteiger partial charge in [0, 0.05) is 31.1 Å². The van der Waals surface area contributed by atoms with E-state index in [4.69, 9.17) is 10.5 Å². The highest BCUT2D eigenvalue weighted by Crippen LogP contribution is 2.59. The van der Waals surface area contributed by atoms with Crippen LogP contribution in [-0.2, 0) is 27.0 Å². The van der Waals surface area contributed by atoms with Gasteiger partial charge in [0.2, 0.25) is 5.91 Å². The summed E-state index contributed by atoms with van der Waals surface area (Å²) in [6, 6.07) is 2.49. The van der Waals surface area contributed by atoms with Crippen molar-refractivity contribution in [3.05, 3.63) is 35.1 Å². The van der Waals surface area contributed by atoms with Crippen LogP contribution in [0.25, 0.3) is 0 Å². The number of morpholine rings is 1. The average Bonchev–Trinajstić information content (AvgIpc) is 2.75. The van der Waals surface area contributed by atoms with Crippen molar-refractivity contribution in [1.29, 1.82) is 0 Å². The molecule has 1 heterocycles. The molecule has 186 valence electrons. The molecule has 10 heteroatoms. The van der Waals surface area contributed by atoms with Crippen molar-refractivity contribution in [2.45, 2.75) is 57.0 Å². The molecule has 34 heavy (non-hydrogen) atoms. The van der Waals surface area contributed by atoms with Gasteiger partial charge in [-0.15, -0.1) is 0 Å². The lowest BCUT2D eigenvalue weighted by Gasteiger charge is -2.59. The molecule has 5 aliphatic rings. The Labute approximate surface area is 195 Å². The second kappa shape index (κ2) is 8.48. The summed E-state index contributed by atoms with van der Waals surface area (Å²) in [5.74, 6) is -0.499. The Balaban J connectivity index is 1.22. The van der Waals surface area contributed by atoms with Crippen LogP contribution in [-0.4, -0.2) is 48.6 Å². The number of hydrogen-bond donors (Lipinski definition) is 2. The van der Waals surface area contributed by atoms with Gasteiger partial charge in [-0.3, -0.25) is 14.5 Å². The van der Waals surface area contributed by atoms with E-state index in [0.29, 0.717) is 31.4 Å². The average molecular weight is 484 g/mol. The van der Waals surface area contributed by atoms with Crippen LogP contribution in [0.1, 0.15) is 43.2 Å². The first-order chi connectivity index (χ1) is 16.0. The Hall–Kier alpha value is -2.20. The minimum Gasteiger partial charge on any atom is -0.369 e. The lowest BCUT2D eigenvalue weighted by molar-refractivity contribution is -0.151. The molecule has 2 amide bonds. The summed E-state index contributed by atoms with van der Waals surface area (Å²) in [6.07, 6.45) is -1.16. The van der Waals surface area contributed by atoms with E-state index in [1.807, 2.05) is 4.90 Å². The number of halogens is 4. The zero-order valence-electron chi connectivity index (χ0n) is 18.7. The van der Waals surface area contributed by atoms with Gasteiger partial charge in [0.1, 0.15) is 11.9 Å². The summed E-state index contributed by atoms with van der Waals surface area (Å²) >= 11 is 0. The first kappa shape index (κ1) is 23.5. The molecular weight excluding hydrogens is 454 g/mol. The molecule has 0 spiro atoms. The Morgan fingerprint density at radius 2 is 1.85 bits per heavy atom. The molecule has 0 aromatic heterocycles. The summed E-state index contributed by atoms with van der Waals surface area (Å²) in [5, 5.41) is 3.16. The number of hydrogen-bond acceptors (Lipinski definition) is 4. The second-order valence-electron chi connectivity index (χ2n) is 10.6. The first-order valence-corrected chi connectivity index (χ1v) is 11.8. The minimum atomic E-state index is -4.63. The van der Waals surface area contributed by atoms with Crippen molar-refractivity contribution in [2.24, 2.45) is 28.9 Å². The van der Waals surface area contributed by atoms with E-state index >= 15 is 0 Å². The van der Waals surface area contributed by atoms with Gasteiger partial charge in [-0.05, 0) is 73.6 Å². The SMILES string of the molecule is NC(=O)C12CC3CC(C1)C(NC(=O)[C@H]1CN(Cc4cc(F)cc(C(F)(F)F)c4)CCO1)C(C3)C2. The van der Waals surface area contributed by atoms with Gasteiger partial charge in [0.25, 0.3) is 5.91 Å². The summed E-state index contributed by atoms with van der Waals surface area (Å²) in [7, 11) is 0. The highest BCUT2D eigenvalue weighted by molar-refractivity contribution is 5.83. The number of carbonyl (C=O) groups excluding carboxylic acids is 2. The Morgan fingerprint density at radius 3 is 2.50 bits per heavy atom. The molecule has 1 saturated heterocycles. The third kappa shape index (κ3) is 4.42. The molecular formula is C24H29F4N3O3. The van der Waals surface area contributed by atoms with Crippen molar-refractivity contribution >= 4 is 11.8 Å². The predicted octanol–water partition coefficient (Wildman–Crippen LogP) is 2.84. The molecule has 1 aromatic carbocycles. The van der Waals surface area contributed by atoms with E-state index in [9.17, 15) is 27.2 Å². The molecule has 5 fully saturated rings. The number of alkyl halides is 3.